The number of carbonyl (C=O) groups is 1. The number of aromatic nitrogens is 2. The first kappa shape index (κ1) is 13.4. The highest BCUT2D eigenvalue weighted by Crippen LogP contribution is 2.25. The fourth-order valence-corrected chi connectivity index (χ4v) is 2.66. The fraction of sp³-hybridized carbons (Fsp3) is 0.667. The van der Waals surface area contributed by atoms with E-state index in [1.807, 2.05) is 11.9 Å². The van der Waals surface area contributed by atoms with Gasteiger partial charge in [0.25, 0.3) is 0 Å². The lowest BCUT2D eigenvalue weighted by molar-refractivity contribution is -0.139. The second kappa shape index (κ2) is 5.71. The van der Waals surface area contributed by atoms with Gasteiger partial charge in [-0.3, -0.25) is 9.69 Å². The zero-order chi connectivity index (χ0) is 13.1. The normalized spacial score (nSPS) is 16.6. The lowest BCUT2D eigenvalue weighted by Crippen LogP contribution is -2.37. The molecule has 1 heterocycles. The molecule has 0 radical (unpaired) electrons. The third-order valence-electron chi connectivity index (χ3n) is 3.55. The Labute approximate surface area is 111 Å². The average molecular weight is 272 g/mol. The van der Waals surface area contributed by atoms with E-state index in [-0.39, 0.29) is 6.54 Å². The van der Waals surface area contributed by atoms with Crippen LogP contribution in [0.15, 0.2) is 6.20 Å². The van der Waals surface area contributed by atoms with Crippen LogP contribution in [0, 0.1) is 0 Å². The Morgan fingerprint density at radius 3 is 2.78 bits per heavy atom. The molecule has 0 aromatic carbocycles. The van der Waals surface area contributed by atoms with Crippen LogP contribution in [-0.2, 0) is 18.4 Å². The Balaban J connectivity index is 2.08. The molecule has 18 heavy (non-hydrogen) atoms. The highest BCUT2D eigenvalue weighted by atomic mass is 35.5. The zero-order valence-electron chi connectivity index (χ0n) is 10.5. The molecular formula is C12H18ClN3O2. The maximum atomic E-state index is 11.0. The topological polar surface area (TPSA) is 58.4 Å². The van der Waals surface area contributed by atoms with E-state index in [1.165, 1.54) is 12.8 Å². The van der Waals surface area contributed by atoms with Gasteiger partial charge in [-0.2, -0.15) is 0 Å². The van der Waals surface area contributed by atoms with Crippen LogP contribution in [-0.4, -0.2) is 38.1 Å². The average Bonchev–Trinajstić information content (AvgIpc) is 2.93. The molecule has 1 saturated carbocycles. The van der Waals surface area contributed by atoms with E-state index in [9.17, 15) is 4.79 Å². The monoisotopic (exact) mass is 271 g/mol. The van der Waals surface area contributed by atoms with Gasteiger partial charge in [-0.25, -0.2) is 4.98 Å². The first-order chi connectivity index (χ1) is 8.58. The number of rotatable bonds is 5. The van der Waals surface area contributed by atoms with Gasteiger partial charge >= 0.3 is 5.97 Å². The first-order valence-corrected chi connectivity index (χ1v) is 6.57. The maximum absolute atomic E-state index is 11.0. The van der Waals surface area contributed by atoms with E-state index >= 15 is 0 Å². The summed E-state index contributed by atoms with van der Waals surface area (Å²) in [6, 6.07) is 0.358. The molecule has 1 fully saturated rings. The second-order valence-electron chi connectivity index (χ2n) is 4.79. The Bertz CT molecular complexity index is 427. The Hall–Kier alpha value is -1.07. The molecule has 0 spiro atoms. The molecule has 1 aliphatic rings. The molecule has 6 heteroatoms. The standard InChI is InChI=1S/C12H18ClN3O2/c1-15-10(13)6-14-11(15)7-16(8-12(17)18)9-4-2-3-5-9/h6,9H,2-5,7-8H2,1H3,(H,17,18). The van der Waals surface area contributed by atoms with E-state index in [4.69, 9.17) is 16.7 Å². The number of imidazole rings is 1. The summed E-state index contributed by atoms with van der Waals surface area (Å²) >= 11 is 5.94. The van der Waals surface area contributed by atoms with Gasteiger partial charge in [0, 0.05) is 13.1 Å². The van der Waals surface area contributed by atoms with Crippen molar-refractivity contribution in [3.05, 3.63) is 17.2 Å². The molecule has 2 rings (SSSR count). The van der Waals surface area contributed by atoms with Gasteiger partial charge in [-0.15, -0.1) is 0 Å². The van der Waals surface area contributed by atoms with E-state index in [2.05, 4.69) is 4.98 Å². The SMILES string of the molecule is Cn1c(Cl)cnc1CN(CC(=O)O)C1CCCC1. The number of carboxylic acid groups (broad SMARTS) is 1. The van der Waals surface area contributed by atoms with Crippen LogP contribution >= 0.6 is 11.6 Å². The van der Waals surface area contributed by atoms with Crippen molar-refractivity contribution in [3.63, 3.8) is 0 Å². The summed E-state index contributed by atoms with van der Waals surface area (Å²) in [5.41, 5.74) is 0. The summed E-state index contributed by atoms with van der Waals surface area (Å²) in [6.07, 6.45) is 6.12. The minimum Gasteiger partial charge on any atom is -0.480 e. The number of carboxylic acids is 1. The van der Waals surface area contributed by atoms with Crippen LogP contribution in [0.4, 0.5) is 0 Å². The third kappa shape index (κ3) is 3.03. The van der Waals surface area contributed by atoms with Crippen molar-refractivity contribution in [2.24, 2.45) is 7.05 Å². The molecule has 1 aliphatic carbocycles. The van der Waals surface area contributed by atoms with E-state index < -0.39 is 5.97 Å². The summed E-state index contributed by atoms with van der Waals surface area (Å²) in [7, 11) is 1.85. The number of hydrogen-bond donors (Lipinski definition) is 1. The van der Waals surface area contributed by atoms with Gasteiger partial charge in [0.1, 0.15) is 11.0 Å². The minimum atomic E-state index is -0.790. The molecule has 0 amide bonds. The van der Waals surface area contributed by atoms with Crippen molar-refractivity contribution in [1.29, 1.82) is 0 Å². The first-order valence-electron chi connectivity index (χ1n) is 6.20. The van der Waals surface area contributed by atoms with Gasteiger partial charge in [-0.1, -0.05) is 24.4 Å². The van der Waals surface area contributed by atoms with Crippen LogP contribution in [0.25, 0.3) is 0 Å². The zero-order valence-corrected chi connectivity index (χ0v) is 11.2. The summed E-state index contributed by atoms with van der Waals surface area (Å²) < 4.78 is 1.80. The maximum Gasteiger partial charge on any atom is 0.317 e. The Kier molecular flexibility index (Phi) is 4.24. The minimum absolute atomic E-state index is 0.0646. The van der Waals surface area contributed by atoms with Crippen molar-refractivity contribution in [1.82, 2.24) is 14.5 Å². The van der Waals surface area contributed by atoms with Gasteiger partial charge in [0.15, 0.2) is 0 Å². The second-order valence-corrected chi connectivity index (χ2v) is 5.18. The number of aliphatic carboxylic acids is 1. The van der Waals surface area contributed by atoms with E-state index in [0.717, 1.165) is 18.7 Å². The third-order valence-corrected chi connectivity index (χ3v) is 3.90. The lowest BCUT2D eigenvalue weighted by Gasteiger charge is -2.26. The van der Waals surface area contributed by atoms with Gasteiger partial charge < -0.3 is 9.67 Å². The molecule has 100 valence electrons. The quantitative estimate of drug-likeness (QED) is 0.889. The Morgan fingerprint density at radius 2 is 2.28 bits per heavy atom. The lowest BCUT2D eigenvalue weighted by atomic mass is 10.2. The molecule has 0 bridgehead atoms. The molecular weight excluding hydrogens is 254 g/mol. The summed E-state index contributed by atoms with van der Waals surface area (Å²) in [5.74, 6) is 0.0235. The largest absolute Gasteiger partial charge is 0.480 e. The molecule has 1 aromatic heterocycles. The van der Waals surface area contributed by atoms with Crippen molar-refractivity contribution in [3.8, 4) is 0 Å². The molecule has 0 unspecified atom stereocenters. The molecule has 1 N–H and O–H groups in total. The smallest absolute Gasteiger partial charge is 0.317 e. The molecule has 1 aromatic rings. The predicted molar refractivity (Wildman–Crippen MR) is 68.5 cm³/mol. The summed E-state index contributed by atoms with van der Waals surface area (Å²) in [4.78, 5) is 17.2. The van der Waals surface area contributed by atoms with Crippen LogP contribution < -0.4 is 0 Å². The number of nitrogens with zero attached hydrogens (tertiary/aromatic N) is 3. The van der Waals surface area contributed by atoms with Gasteiger partial charge in [0.05, 0.1) is 19.3 Å². The van der Waals surface area contributed by atoms with Crippen molar-refractivity contribution in [2.75, 3.05) is 6.54 Å². The van der Waals surface area contributed by atoms with E-state index in [0.29, 0.717) is 17.7 Å². The van der Waals surface area contributed by atoms with Gasteiger partial charge in [-0.05, 0) is 12.8 Å². The van der Waals surface area contributed by atoms with Crippen LogP contribution in [0.5, 0.6) is 0 Å². The summed E-state index contributed by atoms with van der Waals surface area (Å²) in [6.45, 7) is 0.606. The van der Waals surface area contributed by atoms with Crippen molar-refractivity contribution >= 4 is 17.6 Å². The van der Waals surface area contributed by atoms with Crippen LogP contribution in [0.3, 0.4) is 0 Å². The van der Waals surface area contributed by atoms with Crippen LogP contribution in [0.1, 0.15) is 31.5 Å². The molecule has 5 nitrogen and oxygen atoms in total. The number of halogens is 1. The fourth-order valence-electron chi connectivity index (χ4n) is 2.51. The summed E-state index contributed by atoms with van der Waals surface area (Å²) in [5, 5.41) is 9.58. The predicted octanol–water partition coefficient (Wildman–Crippen LogP) is 1.90. The molecule has 0 saturated heterocycles. The van der Waals surface area contributed by atoms with Crippen LogP contribution in [0.2, 0.25) is 5.15 Å². The van der Waals surface area contributed by atoms with E-state index in [1.54, 1.807) is 10.8 Å². The molecule has 0 aliphatic heterocycles. The molecule has 0 atom stereocenters. The Morgan fingerprint density at radius 1 is 1.61 bits per heavy atom. The van der Waals surface area contributed by atoms with Gasteiger partial charge in [0.2, 0.25) is 0 Å². The van der Waals surface area contributed by atoms with Crippen molar-refractivity contribution in [2.45, 2.75) is 38.3 Å². The van der Waals surface area contributed by atoms with Crippen molar-refractivity contribution < 1.29 is 9.90 Å². The number of hydrogen-bond acceptors (Lipinski definition) is 3. The highest BCUT2D eigenvalue weighted by molar-refractivity contribution is 6.29. The highest BCUT2D eigenvalue weighted by Gasteiger charge is 2.25.